The molecule has 0 spiro atoms. The SMILES string of the molecule is [N-]=[N+]=Nc1cccc(C(=O)O)c1F. The first kappa shape index (κ1) is 9.02. The Hall–Kier alpha value is -2.07. The van der Waals surface area contributed by atoms with Crippen LogP contribution in [0.2, 0.25) is 0 Å². The molecular weight excluding hydrogens is 177 g/mol. The number of hydrogen-bond donors (Lipinski definition) is 1. The average Bonchev–Trinajstić information content (AvgIpc) is 2.08. The summed E-state index contributed by atoms with van der Waals surface area (Å²) < 4.78 is 13.1. The molecule has 5 nitrogen and oxygen atoms in total. The molecule has 0 aromatic heterocycles. The van der Waals surface area contributed by atoms with Gasteiger partial charge in [-0.05, 0) is 17.7 Å². The summed E-state index contributed by atoms with van der Waals surface area (Å²) in [5.74, 6) is -2.42. The summed E-state index contributed by atoms with van der Waals surface area (Å²) in [6.07, 6.45) is 0. The van der Waals surface area contributed by atoms with Crippen LogP contribution in [-0.4, -0.2) is 11.1 Å². The van der Waals surface area contributed by atoms with Gasteiger partial charge in [0.1, 0.15) is 5.82 Å². The van der Waals surface area contributed by atoms with Crippen molar-refractivity contribution in [1.29, 1.82) is 0 Å². The zero-order valence-electron chi connectivity index (χ0n) is 6.31. The summed E-state index contributed by atoms with van der Waals surface area (Å²) in [4.78, 5) is 12.8. The summed E-state index contributed by atoms with van der Waals surface area (Å²) >= 11 is 0. The van der Waals surface area contributed by atoms with Gasteiger partial charge in [-0.2, -0.15) is 0 Å². The van der Waals surface area contributed by atoms with E-state index in [9.17, 15) is 9.18 Å². The average molecular weight is 181 g/mol. The summed E-state index contributed by atoms with van der Waals surface area (Å²) in [5, 5.41) is 11.5. The number of azide groups is 1. The quantitative estimate of drug-likeness (QED) is 0.431. The van der Waals surface area contributed by atoms with Crippen molar-refractivity contribution < 1.29 is 14.3 Å². The van der Waals surface area contributed by atoms with Crippen LogP contribution in [0, 0.1) is 5.82 Å². The monoisotopic (exact) mass is 181 g/mol. The van der Waals surface area contributed by atoms with Crippen molar-refractivity contribution in [3.63, 3.8) is 0 Å². The van der Waals surface area contributed by atoms with Gasteiger partial charge in [-0.15, -0.1) is 0 Å². The van der Waals surface area contributed by atoms with Gasteiger partial charge in [-0.25, -0.2) is 9.18 Å². The number of nitrogens with zero attached hydrogens (tertiary/aromatic N) is 3. The van der Waals surface area contributed by atoms with E-state index in [0.717, 1.165) is 6.07 Å². The van der Waals surface area contributed by atoms with E-state index in [2.05, 4.69) is 10.0 Å². The van der Waals surface area contributed by atoms with Crippen LogP contribution in [0.25, 0.3) is 10.4 Å². The highest BCUT2D eigenvalue weighted by atomic mass is 19.1. The van der Waals surface area contributed by atoms with Crippen LogP contribution in [0.5, 0.6) is 0 Å². The zero-order valence-corrected chi connectivity index (χ0v) is 6.31. The van der Waals surface area contributed by atoms with Gasteiger partial charge in [0.2, 0.25) is 0 Å². The predicted octanol–water partition coefficient (Wildman–Crippen LogP) is 2.47. The lowest BCUT2D eigenvalue weighted by molar-refractivity contribution is 0.0692. The lowest BCUT2D eigenvalue weighted by Crippen LogP contribution is -1.99. The first-order valence-corrected chi connectivity index (χ1v) is 3.23. The van der Waals surface area contributed by atoms with Crippen LogP contribution in [0.15, 0.2) is 23.3 Å². The van der Waals surface area contributed by atoms with Crippen molar-refractivity contribution in [2.45, 2.75) is 0 Å². The highest BCUT2D eigenvalue weighted by Gasteiger charge is 2.12. The molecule has 0 radical (unpaired) electrons. The molecule has 1 rings (SSSR count). The van der Waals surface area contributed by atoms with Gasteiger partial charge >= 0.3 is 5.97 Å². The molecule has 0 aliphatic heterocycles. The highest BCUT2D eigenvalue weighted by molar-refractivity contribution is 5.89. The molecule has 0 heterocycles. The Balaban J connectivity index is 3.34. The van der Waals surface area contributed by atoms with Crippen molar-refractivity contribution in [2.24, 2.45) is 5.11 Å². The van der Waals surface area contributed by atoms with Gasteiger partial charge in [0.15, 0.2) is 0 Å². The van der Waals surface area contributed by atoms with E-state index in [-0.39, 0.29) is 5.69 Å². The minimum atomic E-state index is -1.40. The van der Waals surface area contributed by atoms with Crippen LogP contribution >= 0.6 is 0 Å². The summed E-state index contributed by atoms with van der Waals surface area (Å²) in [7, 11) is 0. The lowest BCUT2D eigenvalue weighted by Gasteiger charge is -1.98. The third kappa shape index (κ3) is 1.74. The van der Waals surface area contributed by atoms with Crippen molar-refractivity contribution in [3.8, 4) is 0 Å². The van der Waals surface area contributed by atoms with Crippen LogP contribution in [0.3, 0.4) is 0 Å². The Morgan fingerprint density at radius 1 is 1.62 bits per heavy atom. The van der Waals surface area contributed by atoms with Gasteiger partial charge < -0.3 is 5.11 Å². The first-order chi connectivity index (χ1) is 6.16. The number of hydrogen-bond acceptors (Lipinski definition) is 2. The maximum absolute atomic E-state index is 13.1. The molecule has 0 bridgehead atoms. The number of carboxylic acid groups (broad SMARTS) is 1. The van der Waals surface area contributed by atoms with Crippen molar-refractivity contribution in [3.05, 3.63) is 40.0 Å². The maximum atomic E-state index is 13.1. The van der Waals surface area contributed by atoms with Crippen LogP contribution in [-0.2, 0) is 0 Å². The van der Waals surface area contributed by atoms with Gasteiger partial charge in [-0.3, -0.25) is 0 Å². The number of carbonyl (C=O) groups is 1. The van der Waals surface area contributed by atoms with Gasteiger partial charge in [0.05, 0.1) is 11.3 Å². The Labute approximate surface area is 72.1 Å². The Bertz CT molecular complexity index is 378. The molecule has 0 aliphatic rings. The standard InChI is InChI=1S/C7H4FN3O2/c8-6-4(7(12)13)2-1-3-5(6)10-11-9/h1-3H,(H,12,13). The molecule has 0 aliphatic carbocycles. The lowest BCUT2D eigenvalue weighted by atomic mass is 10.2. The van der Waals surface area contributed by atoms with E-state index in [1.165, 1.54) is 12.1 Å². The second-order valence-corrected chi connectivity index (χ2v) is 2.13. The third-order valence-electron chi connectivity index (χ3n) is 1.36. The van der Waals surface area contributed by atoms with E-state index >= 15 is 0 Å². The molecule has 66 valence electrons. The molecule has 13 heavy (non-hydrogen) atoms. The van der Waals surface area contributed by atoms with Crippen LogP contribution < -0.4 is 0 Å². The first-order valence-electron chi connectivity index (χ1n) is 3.23. The van der Waals surface area contributed by atoms with Crippen molar-refractivity contribution in [2.75, 3.05) is 0 Å². The second kappa shape index (κ2) is 3.55. The molecule has 0 atom stereocenters. The fourth-order valence-electron chi connectivity index (χ4n) is 0.810. The third-order valence-corrected chi connectivity index (χ3v) is 1.36. The van der Waals surface area contributed by atoms with E-state index in [1.807, 2.05) is 0 Å². The number of carboxylic acids is 1. The predicted molar refractivity (Wildman–Crippen MR) is 42.2 cm³/mol. The number of aromatic carboxylic acids is 1. The topological polar surface area (TPSA) is 86.1 Å². The summed E-state index contributed by atoms with van der Waals surface area (Å²) in [6, 6.07) is 3.59. The van der Waals surface area contributed by atoms with E-state index in [1.54, 1.807) is 0 Å². The fourth-order valence-corrected chi connectivity index (χ4v) is 0.810. The fraction of sp³-hybridized carbons (Fsp3) is 0. The molecular formula is C7H4FN3O2. The molecule has 0 saturated heterocycles. The molecule has 6 heteroatoms. The van der Waals surface area contributed by atoms with Gasteiger partial charge in [0.25, 0.3) is 0 Å². The smallest absolute Gasteiger partial charge is 0.338 e. The van der Waals surface area contributed by atoms with Crippen molar-refractivity contribution in [1.82, 2.24) is 0 Å². The second-order valence-electron chi connectivity index (χ2n) is 2.13. The minimum absolute atomic E-state index is 0.317. The number of benzene rings is 1. The Kier molecular flexibility index (Phi) is 2.47. The van der Waals surface area contributed by atoms with Gasteiger partial charge in [0, 0.05) is 4.91 Å². The maximum Gasteiger partial charge on any atom is 0.338 e. The van der Waals surface area contributed by atoms with E-state index in [4.69, 9.17) is 10.6 Å². The summed E-state index contributed by atoms with van der Waals surface area (Å²) in [6.45, 7) is 0. The molecule has 0 amide bonds. The molecule has 1 N–H and O–H groups in total. The van der Waals surface area contributed by atoms with Crippen LogP contribution in [0.1, 0.15) is 10.4 Å². The molecule has 0 saturated carbocycles. The Morgan fingerprint density at radius 3 is 2.85 bits per heavy atom. The molecule has 0 fully saturated rings. The van der Waals surface area contributed by atoms with E-state index in [0.29, 0.717) is 0 Å². The number of halogens is 1. The van der Waals surface area contributed by atoms with Crippen LogP contribution in [0.4, 0.5) is 10.1 Å². The largest absolute Gasteiger partial charge is 0.478 e. The minimum Gasteiger partial charge on any atom is -0.478 e. The molecule has 0 unspecified atom stereocenters. The molecule has 1 aromatic rings. The number of rotatable bonds is 2. The Morgan fingerprint density at radius 2 is 2.31 bits per heavy atom. The zero-order chi connectivity index (χ0) is 9.84. The summed E-state index contributed by atoms with van der Waals surface area (Å²) in [5.41, 5.74) is 7.19. The van der Waals surface area contributed by atoms with E-state index < -0.39 is 17.3 Å². The molecule has 1 aromatic carbocycles. The van der Waals surface area contributed by atoms with Gasteiger partial charge in [-0.1, -0.05) is 11.2 Å². The van der Waals surface area contributed by atoms with Crippen molar-refractivity contribution >= 4 is 11.7 Å². The normalized spacial score (nSPS) is 9.00. The highest BCUT2D eigenvalue weighted by Crippen LogP contribution is 2.20.